The summed E-state index contributed by atoms with van der Waals surface area (Å²) in [7, 11) is 0. The fourth-order valence-corrected chi connectivity index (χ4v) is 4.07. The first-order valence-electron chi connectivity index (χ1n) is 9.02. The molecule has 0 bridgehead atoms. The topological polar surface area (TPSA) is 54.2 Å². The molecule has 17 heteroatoms. The summed E-state index contributed by atoms with van der Waals surface area (Å²) in [4.78, 5) is 4.61. The number of nitrogens with zero attached hydrogens (tertiary/aromatic N) is 2. The van der Waals surface area contributed by atoms with Crippen LogP contribution in [0, 0.1) is 0 Å². The van der Waals surface area contributed by atoms with Crippen LogP contribution < -0.4 is 0 Å². The van der Waals surface area contributed by atoms with Gasteiger partial charge in [0.15, 0.2) is 3.53 Å². The molecule has 1 aliphatic heterocycles. The third-order valence-corrected chi connectivity index (χ3v) is 5.73. The zero-order valence-corrected chi connectivity index (χ0v) is 25.3. The van der Waals surface area contributed by atoms with Crippen LogP contribution in [-0.4, -0.2) is 25.7 Å². The molecule has 0 aromatic heterocycles. The smallest absolute Gasteiger partial charge is 0.410 e. The Bertz CT molecular complexity index is 1150. The normalized spacial score (nSPS) is 16.8. The van der Waals surface area contributed by atoms with Crippen LogP contribution in [0.2, 0.25) is 20.1 Å². The van der Waals surface area contributed by atoms with Crippen molar-refractivity contribution in [2.75, 3.05) is 0 Å². The van der Waals surface area contributed by atoms with Gasteiger partial charge >= 0.3 is 12.4 Å². The summed E-state index contributed by atoms with van der Waals surface area (Å²) in [5.41, 5.74) is -3.79. The lowest BCUT2D eigenvalue weighted by Crippen LogP contribution is -2.42. The number of hydrogen-bond donors (Lipinski definition) is 1. The Balaban J connectivity index is 0.000000321. The molecule has 204 valence electrons. The summed E-state index contributed by atoms with van der Waals surface area (Å²) in [6, 6.07) is 7.38. The molecule has 0 amide bonds. The van der Waals surface area contributed by atoms with E-state index in [0.29, 0.717) is 3.53 Å². The summed E-state index contributed by atoms with van der Waals surface area (Å²) in [5.74, 6) is 0. The minimum atomic E-state index is -4.64. The van der Waals surface area contributed by atoms with Gasteiger partial charge in [0.05, 0.1) is 12.0 Å². The standard InChI is InChI=1S/C10H5BrCl2F3NO.C9H5Cl2F3.CHBr2NO/c11-8-4-9(18-17-8,10(14,15)16)5-1-6(12)3-7(13)2-5;1-5(9(12,13)14)6-2-7(10)4-8(11)3-6;2-1(3)4-5/h1-3H,4H2;2-4H,1H2;5H. The number of benzene rings is 2. The second-order valence-corrected chi connectivity index (χ2v) is 11.9. The minimum absolute atomic E-state index is 0.0796. The highest BCUT2D eigenvalue weighted by Crippen LogP contribution is 2.49. The largest absolute Gasteiger partial charge is 0.435 e. The average Bonchev–Trinajstić information content (AvgIpc) is 3.15. The third-order valence-electron chi connectivity index (χ3n) is 4.11. The Hall–Kier alpha value is -0.700. The Labute approximate surface area is 251 Å². The zero-order valence-electron chi connectivity index (χ0n) is 17.5. The van der Waals surface area contributed by atoms with Crippen LogP contribution in [0.5, 0.6) is 0 Å². The molecule has 1 heterocycles. The number of rotatable bonds is 2. The van der Waals surface area contributed by atoms with Crippen LogP contribution in [0.4, 0.5) is 26.3 Å². The molecule has 1 N–H and O–H groups in total. The number of alkyl halides is 6. The first-order valence-corrected chi connectivity index (χ1v) is 12.9. The van der Waals surface area contributed by atoms with E-state index in [1.54, 1.807) is 0 Å². The van der Waals surface area contributed by atoms with Crippen LogP contribution in [0.1, 0.15) is 17.5 Å². The van der Waals surface area contributed by atoms with Crippen molar-refractivity contribution < 1.29 is 36.4 Å². The molecular weight excluding hydrogens is 796 g/mol. The van der Waals surface area contributed by atoms with Crippen LogP contribution in [0.15, 0.2) is 53.3 Å². The maximum atomic E-state index is 13.2. The Morgan fingerprint density at radius 1 is 0.919 bits per heavy atom. The Morgan fingerprint density at radius 3 is 1.62 bits per heavy atom. The molecule has 3 rings (SSSR count). The maximum Gasteiger partial charge on any atom is 0.435 e. The summed E-state index contributed by atoms with van der Waals surface area (Å²) in [6.07, 6.45) is -9.55. The lowest BCUT2D eigenvalue weighted by Gasteiger charge is -2.29. The summed E-state index contributed by atoms with van der Waals surface area (Å²) < 4.78 is 76.7. The number of halogens is 13. The molecule has 1 aliphatic rings. The fourth-order valence-electron chi connectivity index (χ4n) is 2.55. The highest BCUT2D eigenvalue weighted by molar-refractivity contribution is 9.39. The van der Waals surface area contributed by atoms with Crippen LogP contribution in [-0.2, 0) is 10.4 Å². The van der Waals surface area contributed by atoms with Gasteiger partial charge in [-0.15, -0.1) is 0 Å². The van der Waals surface area contributed by atoms with Gasteiger partial charge in [0.1, 0.15) is 4.62 Å². The van der Waals surface area contributed by atoms with E-state index in [0.717, 1.165) is 0 Å². The molecule has 0 radical (unpaired) electrons. The van der Waals surface area contributed by atoms with Gasteiger partial charge in [0.25, 0.3) is 5.60 Å². The quantitative estimate of drug-likeness (QED) is 0.142. The van der Waals surface area contributed by atoms with E-state index in [9.17, 15) is 26.3 Å². The average molecular weight is 807 g/mol. The number of hydrogen-bond acceptors (Lipinski definition) is 4. The lowest BCUT2D eigenvalue weighted by atomic mass is 9.90. The van der Waals surface area contributed by atoms with E-state index in [2.05, 4.69) is 69.5 Å². The van der Waals surface area contributed by atoms with Gasteiger partial charge in [-0.25, -0.2) is 0 Å². The molecule has 0 spiro atoms. The second kappa shape index (κ2) is 14.1. The fraction of sp³-hybridized carbons (Fsp3) is 0.200. The van der Waals surface area contributed by atoms with Crippen molar-refractivity contribution in [1.29, 1.82) is 0 Å². The van der Waals surface area contributed by atoms with Crippen molar-refractivity contribution >= 4 is 108 Å². The van der Waals surface area contributed by atoms with Gasteiger partial charge in [-0.3, -0.25) is 0 Å². The van der Waals surface area contributed by atoms with Gasteiger partial charge in [-0.1, -0.05) is 63.3 Å². The summed E-state index contributed by atoms with van der Waals surface area (Å²) in [5, 5.41) is 14.1. The Morgan fingerprint density at radius 2 is 1.32 bits per heavy atom. The van der Waals surface area contributed by atoms with Gasteiger partial charge in [0, 0.05) is 25.7 Å². The van der Waals surface area contributed by atoms with Crippen LogP contribution in [0.3, 0.4) is 0 Å². The Kier molecular flexibility index (Phi) is 13.1. The number of oxime groups is 2. The van der Waals surface area contributed by atoms with Crippen molar-refractivity contribution in [3.8, 4) is 0 Å². The van der Waals surface area contributed by atoms with Gasteiger partial charge < -0.3 is 10.0 Å². The van der Waals surface area contributed by atoms with E-state index in [-0.39, 0.29) is 35.8 Å². The molecule has 1 unspecified atom stereocenters. The lowest BCUT2D eigenvalue weighted by molar-refractivity contribution is -0.275. The molecule has 0 fully saturated rings. The molecular formula is C20H11Br3Cl4F6N2O2. The number of allylic oxidation sites excluding steroid dienone is 1. The molecule has 0 aliphatic carbocycles. The first-order chi connectivity index (χ1) is 16.8. The van der Waals surface area contributed by atoms with E-state index >= 15 is 0 Å². The predicted molar refractivity (Wildman–Crippen MR) is 145 cm³/mol. The van der Waals surface area contributed by atoms with E-state index < -0.39 is 29.9 Å². The van der Waals surface area contributed by atoms with E-state index in [1.807, 2.05) is 0 Å². The molecule has 4 nitrogen and oxygen atoms in total. The third kappa shape index (κ3) is 10.4. The predicted octanol–water partition coefficient (Wildman–Crippen LogP) is 11.0. The van der Waals surface area contributed by atoms with Crippen molar-refractivity contribution in [1.82, 2.24) is 0 Å². The zero-order chi connectivity index (χ0) is 28.8. The van der Waals surface area contributed by atoms with Crippen molar-refractivity contribution in [2.45, 2.75) is 24.4 Å². The van der Waals surface area contributed by atoms with Crippen LogP contribution in [0.25, 0.3) is 5.57 Å². The summed E-state index contributed by atoms with van der Waals surface area (Å²) in [6.45, 7) is 2.94. The molecule has 37 heavy (non-hydrogen) atoms. The molecule has 2 aromatic rings. The molecule has 0 saturated heterocycles. The van der Waals surface area contributed by atoms with Crippen molar-refractivity contribution in [3.63, 3.8) is 0 Å². The van der Waals surface area contributed by atoms with Gasteiger partial charge in [0.2, 0.25) is 0 Å². The van der Waals surface area contributed by atoms with Crippen molar-refractivity contribution in [2.24, 2.45) is 10.3 Å². The van der Waals surface area contributed by atoms with Crippen LogP contribution >= 0.6 is 94.2 Å². The second-order valence-electron chi connectivity index (χ2n) is 6.69. The highest BCUT2D eigenvalue weighted by Gasteiger charge is 2.62. The van der Waals surface area contributed by atoms with Gasteiger partial charge in [-0.05, 0) is 89.8 Å². The van der Waals surface area contributed by atoms with E-state index in [1.165, 1.54) is 36.4 Å². The first kappa shape index (κ1) is 34.3. The minimum Gasteiger partial charge on any atom is -0.410 e. The SMILES string of the molecule is C=C(c1cc(Cl)cc(Cl)c1)C(F)(F)F.FC(F)(F)C1(c2cc(Cl)cc(Cl)c2)CC(Br)=NO1.ON=C(Br)Br. The van der Waals surface area contributed by atoms with Gasteiger partial charge in [-0.2, -0.15) is 26.3 Å². The maximum absolute atomic E-state index is 13.2. The van der Waals surface area contributed by atoms with Crippen molar-refractivity contribution in [3.05, 3.63) is 74.2 Å². The molecule has 0 saturated carbocycles. The molecule has 2 aromatic carbocycles. The monoisotopic (exact) mass is 802 g/mol. The van der Waals surface area contributed by atoms with E-state index in [4.69, 9.17) is 51.6 Å². The molecule has 1 atom stereocenters. The highest BCUT2D eigenvalue weighted by atomic mass is 79.9. The summed E-state index contributed by atoms with van der Waals surface area (Å²) >= 11 is 31.0.